The van der Waals surface area contributed by atoms with Crippen LogP contribution in [0.15, 0.2) is 42.5 Å². The lowest BCUT2D eigenvalue weighted by molar-refractivity contribution is 0.174. The van der Waals surface area contributed by atoms with E-state index in [4.69, 9.17) is 14.5 Å². The van der Waals surface area contributed by atoms with Crippen LogP contribution in [0.4, 0.5) is 16.2 Å². The second-order valence-electron chi connectivity index (χ2n) is 6.78. The first-order valence-corrected chi connectivity index (χ1v) is 9.16. The number of benzene rings is 2. The summed E-state index contributed by atoms with van der Waals surface area (Å²) in [6.45, 7) is 0.208. The first-order valence-electron chi connectivity index (χ1n) is 9.16. The highest BCUT2D eigenvalue weighted by Gasteiger charge is 2.20. The van der Waals surface area contributed by atoms with E-state index < -0.39 is 0 Å². The molecule has 2 N–H and O–H groups in total. The van der Waals surface area contributed by atoms with Crippen LogP contribution in [0.3, 0.4) is 0 Å². The van der Waals surface area contributed by atoms with Gasteiger partial charge < -0.3 is 20.1 Å². The Morgan fingerprint density at radius 3 is 2.78 bits per heavy atom. The number of ether oxygens (including phenoxy) is 2. The van der Waals surface area contributed by atoms with Gasteiger partial charge in [0, 0.05) is 22.8 Å². The van der Waals surface area contributed by atoms with Crippen molar-refractivity contribution in [2.24, 2.45) is 0 Å². The van der Waals surface area contributed by atoms with Gasteiger partial charge in [-0.15, -0.1) is 0 Å². The fraction of sp³-hybridized carbons (Fsp3) is 0.238. The Morgan fingerprint density at radius 2 is 1.81 bits per heavy atom. The molecule has 1 aromatic heterocycles. The SMILES string of the molecule is O=C(Nc1ccc2c(c1)OCO2)Nc1c2c(nc3ccccc13)CCCC2. The summed E-state index contributed by atoms with van der Waals surface area (Å²) in [6.07, 6.45) is 4.15. The number of aryl methyl sites for hydroxylation is 1. The summed E-state index contributed by atoms with van der Waals surface area (Å²) in [5.41, 5.74) is 4.69. The van der Waals surface area contributed by atoms with E-state index in [1.807, 2.05) is 24.3 Å². The van der Waals surface area contributed by atoms with Gasteiger partial charge in [-0.2, -0.15) is 0 Å². The fourth-order valence-corrected chi connectivity index (χ4v) is 3.77. The minimum Gasteiger partial charge on any atom is -0.454 e. The van der Waals surface area contributed by atoms with Crippen LogP contribution < -0.4 is 20.1 Å². The number of fused-ring (bicyclic) bond motifs is 3. The third kappa shape index (κ3) is 2.93. The molecule has 2 heterocycles. The summed E-state index contributed by atoms with van der Waals surface area (Å²) >= 11 is 0. The molecule has 6 nitrogen and oxygen atoms in total. The van der Waals surface area contributed by atoms with E-state index >= 15 is 0 Å². The number of anilines is 2. The van der Waals surface area contributed by atoms with Gasteiger partial charge >= 0.3 is 6.03 Å². The van der Waals surface area contributed by atoms with Crippen molar-refractivity contribution in [2.45, 2.75) is 25.7 Å². The van der Waals surface area contributed by atoms with Gasteiger partial charge in [-0.05, 0) is 49.4 Å². The summed E-state index contributed by atoms with van der Waals surface area (Å²) in [5, 5.41) is 6.92. The van der Waals surface area contributed by atoms with E-state index in [2.05, 4.69) is 10.6 Å². The van der Waals surface area contributed by atoms with Crippen LogP contribution >= 0.6 is 0 Å². The zero-order chi connectivity index (χ0) is 18.2. The van der Waals surface area contributed by atoms with Crippen molar-refractivity contribution in [1.82, 2.24) is 4.98 Å². The third-order valence-electron chi connectivity index (χ3n) is 5.04. The van der Waals surface area contributed by atoms with Crippen LogP contribution in [-0.2, 0) is 12.8 Å². The highest BCUT2D eigenvalue weighted by molar-refractivity contribution is 6.06. The number of carbonyl (C=O) groups is 1. The maximum Gasteiger partial charge on any atom is 0.323 e. The smallest absolute Gasteiger partial charge is 0.323 e. The molecule has 5 rings (SSSR count). The molecule has 27 heavy (non-hydrogen) atoms. The standard InChI is InChI=1S/C21H19N3O3/c25-21(22-13-9-10-18-19(11-13)27-12-26-18)24-20-14-5-1-3-7-16(14)23-17-8-4-2-6-15(17)20/h1,3,5,7,9-11H,2,4,6,8,12H2,(H2,22,23,24,25). The summed E-state index contributed by atoms with van der Waals surface area (Å²) in [7, 11) is 0. The number of para-hydroxylation sites is 1. The van der Waals surface area contributed by atoms with Crippen molar-refractivity contribution < 1.29 is 14.3 Å². The Hall–Kier alpha value is -3.28. The van der Waals surface area contributed by atoms with Crippen molar-refractivity contribution in [1.29, 1.82) is 0 Å². The van der Waals surface area contributed by atoms with Crippen LogP contribution in [0.25, 0.3) is 10.9 Å². The Morgan fingerprint density at radius 1 is 0.963 bits per heavy atom. The molecule has 0 fully saturated rings. The van der Waals surface area contributed by atoms with Crippen molar-refractivity contribution in [3.63, 3.8) is 0 Å². The molecule has 1 aliphatic carbocycles. The van der Waals surface area contributed by atoms with Crippen LogP contribution in [0.1, 0.15) is 24.1 Å². The molecule has 1 aliphatic heterocycles. The number of urea groups is 1. The first kappa shape index (κ1) is 15.9. The molecule has 2 aromatic carbocycles. The predicted octanol–water partition coefficient (Wildman–Crippen LogP) is 4.49. The van der Waals surface area contributed by atoms with Crippen LogP contribution in [0.2, 0.25) is 0 Å². The van der Waals surface area contributed by atoms with E-state index in [9.17, 15) is 4.79 Å². The number of carbonyl (C=O) groups excluding carboxylic acids is 1. The zero-order valence-corrected chi connectivity index (χ0v) is 14.7. The molecule has 0 atom stereocenters. The highest BCUT2D eigenvalue weighted by atomic mass is 16.7. The van der Waals surface area contributed by atoms with Crippen LogP contribution in [-0.4, -0.2) is 17.8 Å². The molecule has 0 radical (unpaired) electrons. The molecule has 6 heteroatoms. The molecule has 0 saturated carbocycles. The van der Waals surface area contributed by atoms with Crippen LogP contribution in [0.5, 0.6) is 11.5 Å². The molecule has 136 valence electrons. The van der Waals surface area contributed by atoms with Gasteiger partial charge in [-0.1, -0.05) is 18.2 Å². The Kier molecular flexibility index (Phi) is 3.81. The largest absolute Gasteiger partial charge is 0.454 e. The second-order valence-corrected chi connectivity index (χ2v) is 6.78. The summed E-state index contributed by atoms with van der Waals surface area (Å²) in [6, 6.07) is 13.0. The van der Waals surface area contributed by atoms with E-state index in [1.165, 1.54) is 0 Å². The van der Waals surface area contributed by atoms with Gasteiger partial charge in [0.05, 0.1) is 11.2 Å². The number of rotatable bonds is 2. The number of nitrogens with zero attached hydrogens (tertiary/aromatic N) is 1. The molecular weight excluding hydrogens is 342 g/mol. The normalized spacial score (nSPS) is 14.7. The topological polar surface area (TPSA) is 72.5 Å². The number of aromatic nitrogens is 1. The molecule has 0 saturated heterocycles. The average molecular weight is 361 g/mol. The Balaban J connectivity index is 1.46. The van der Waals surface area contributed by atoms with Gasteiger partial charge in [-0.3, -0.25) is 4.98 Å². The van der Waals surface area contributed by atoms with E-state index in [-0.39, 0.29) is 12.8 Å². The summed E-state index contributed by atoms with van der Waals surface area (Å²) < 4.78 is 10.7. The summed E-state index contributed by atoms with van der Waals surface area (Å²) in [5.74, 6) is 1.33. The van der Waals surface area contributed by atoms with Crippen molar-refractivity contribution in [3.8, 4) is 11.5 Å². The van der Waals surface area contributed by atoms with Gasteiger partial charge in [0.1, 0.15) is 0 Å². The zero-order valence-electron chi connectivity index (χ0n) is 14.7. The van der Waals surface area contributed by atoms with Gasteiger partial charge in [-0.25, -0.2) is 4.79 Å². The molecule has 2 amide bonds. The predicted molar refractivity (Wildman–Crippen MR) is 104 cm³/mol. The van der Waals surface area contributed by atoms with Crippen molar-refractivity contribution in [2.75, 3.05) is 17.4 Å². The molecule has 0 unspecified atom stereocenters. The Labute approximate surface area is 156 Å². The van der Waals surface area contributed by atoms with E-state index in [0.717, 1.165) is 53.5 Å². The number of amides is 2. The maximum absolute atomic E-state index is 12.7. The lowest BCUT2D eigenvalue weighted by atomic mass is 9.93. The molecule has 3 aromatic rings. The number of hydrogen-bond donors (Lipinski definition) is 2. The molecular formula is C21H19N3O3. The van der Waals surface area contributed by atoms with E-state index in [0.29, 0.717) is 17.2 Å². The second kappa shape index (κ2) is 6.46. The van der Waals surface area contributed by atoms with E-state index in [1.54, 1.807) is 18.2 Å². The summed E-state index contributed by atoms with van der Waals surface area (Å²) in [4.78, 5) is 17.5. The lowest BCUT2D eigenvalue weighted by Gasteiger charge is -2.21. The monoisotopic (exact) mass is 361 g/mol. The van der Waals surface area contributed by atoms with Crippen molar-refractivity contribution >= 4 is 28.3 Å². The van der Waals surface area contributed by atoms with Gasteiger partial charge in [0.25, 0.3) is 0 Å². The third-order valence-corrected chi connectivity index (χ3v) is 5.04. The van der Waals surface area contributed by atoms with Crippen LogP contribution in [0, 0.1) is 0 Å². The number of hydrogen-bond acceptors (Lipinski definition) is 4. The minimum atomic E-state index is -0.280. The highest BCUT2D eigenvalue weighted by Crippen LogP contribution is 2.35. The fourth-order valence-electron chi connectivity index (χ4n) is 3.77. The Bertz CT molecular complexity index is 1050. The van der Waals surface area contributed by atoms with Gasteiger partial charge in [0.15, 0.2) is 11.5 Å². The minimum absolute atomic E-state index is 0.208. The maximum atomic E-state index is 12.7. The van der Waals surface area contributed by atoms with Crippen molar-refractivity contribution in [3.05, 3.63) is 53.7 Å². The number of pyridine rings is 1. The average Bonchev–Trinajstić information content (AvgIpc) is 3.15. The molecule has 0 bridgehead atoms. The molecule has 0 spiro atoms. The number of nitrogens with one attached hydrogen (secondary N) is 2. The van der Waals surface area contributed by atoms with Gasteiger partial charge in [0.2, 0.25) is 6.79 Å². The lowest BCUT2D eigenvalue weighted by Crippen LogP contribution is -2.22. The molecule has 2 aliphatic rings. The quantitative estimate of drug-likeness (QED) is 0.706. The first-order chi connectivity index (χ1) is 13.3.